The van der Waals surface area contributed by atoms with Crippen molar-refractivity contribution in [3.8, 4) is 0 Å². The number of piperidine rings is 1. The molecule has 31 heavy (non-hydrogen) atoms. The first-order valence-corrected chi connectivity index (χ1v) is 10.7. The summed E-state index contributed by atoms with van der Waals surface area (Å²) >= 11 is 0. The molecule has 2 aromatic carbocycles. The van der Waals surface area contributed by atoms with Crippen molar-refractivity contribution in [2.75, 3.05) is 30.3 Å². The molecule has 1 aliphatic rings. The summed E-state index contributed by atoms with van der Waals surface area (Å²) in [6, 6.07) is 12.5. The summed E-state index contributed by atoms with van der Waals surface area (Å²) in [5.74, 6) is -0.231. The van der Waals surface area contributed by atoms with Crippen molar-refractivity contribution >= 4 is 34.2 Å². The third-order valence-electron chi connectivity index (χ3n) is 5.58. The number of rotatable bonds is 5. The number of aryl methyl sites for hydroxylation is 2. The van der Waals surface area contributed by atoms with E-state index in [1.54, 1.807) is 36.4 Å². The second-order valence-corrected chi connectivity index (χ2v) is 8.01. The van der Waals surface area contributed by atoms with Crippen molar-refractivity contribution < 1.29 is 9.59 Å². The molecule has 160 valence electrons. The van der Waals surface area contributed by atoms with Crippen molar-refractivity contribution in [2.24, 2.45) is 0 Å². The van der Waals surface area contributed by atoms with E-state index in [2.05, 4.69) is 25.5 Å². The van der Waals surface area contributed by atoms with E-state index in [1.807, 2.05) is 19.9 Å². The Balaban J connectivity index is 1.37. The molecule has 2 amide bonds. The van der Waals surface area contributed by atoms with Gasteiger partial charge in [0.2, 0.25) is 5.91 Å². The highest BCUT2D eigenvalue weighted by Crippen LogP contribution is 2.18. The van der Waals surface area contributed by atoms with Gasteiger partial charge in [0.15, 0.2) is 0 Å². The van der Waals surface area contributed by atoms with E-state index < -0.39 is 0 Å². The van der Waals surface area contributed by atoms with Crippen LogP contribution in [0.25, 0.3) is 11.0 Å². The van der Waals surface area contributed by atoms with Crippen LogP contribution in [0, 0.1) is 13.8 Å². The van der Waals surface area contributed by atoms with Gasteiger partial charge in [-0.1, -0.05) is 6.42 Å². The summed E-state index contributed by atoms with van der Waals surface area (Å²) in [6.07, 6.45) is 3.56. The Morgan fingerprint density at radius 2 is 1.45 bits per heavy atom. The number of benzene rings is 2. The smallest absolute Gasteiger partial charge is 0.255 e. The van der Waals surface area contributed by atoms with Gasteiger partial charge in [-0.15, -0.1) is 0 Å². The lowest BCUT2D eigenvalue weighted by Crippen LogP contribution is -2.36. The first-order valence-electron chi connectivity index (χ1n) is 10.7. The van der Waals surface area contributed by atoms with Crippen molar-refractivity contribution in [1.29, 1.82) is 0 Å². The zero-order valence-corrected chi connectivity index (χ0v) is 17.9. The summed E-state index contributed by atoms with van der Waals surface area (Å²) in [5.41, 5.74) is 5.09. The minimum atomic E-state index is -0.219. The average Bonchev–Trinajstić information content (AvgIpc) is 2.76. The lowest BCUT2D eigenvalue weighted by molar-refractivity contribution is -0.117. The lowest BCUT2D eigenvalue weighted by atomic mass is 10.1. The van der Waals surface area contributed by atoms with Gasteiger partial charge < -0.3 is 10.6 Å². The van der Waals surface area contributed by atoms with Gasteiger partial charge in [0.1, 0.15) is 0 Å². The first-order chi connectivity index (χ1) is 15.0. The van der Waals surface area contributed by atoms with Crippen molar-refractivity contribution in [3.63, 3.8) is 0 Å². The Morgan fingerprint density at radius 1 is 0.839 bits per heavy atom. The Kier molecular flexibility index (Phi) is 6.23. The molecule has 0 spiro atoms. The second-order valence-electron chi connectivity index (χ2n) is 8.01. The molecular formula is C24H27N5O2. The molecule has 1 aromatic heterocycles. The topological polar surface area (TPSA) is 87.2 Å². The number of nitrogens with one attached hydrogen (secondary N) is 2. The number of carbonyl (C=O) groups excluding carboxylic acids is 2. The number of hydrogen-bond donors (Lipinski definition) is 2. The van der Waals surface area contributed by atoms with E-state index >= 15 is 0 Å². The van der Waals surface area contributed by atoms with Gasteiger partial charge in [0, 0.05) is 16.9 Å². The van der Waals surface area contributed by atoms with Gasteiger partial charge in [-0.3, -0.25) is 14.5 Å². The fourth-order valence-electron chi connectivity index (χ4n) is 3.73. The van der Waals surface area contributed by atoms with Gasteiger partial charge in [0.25, 0.3) is 5.91 Å². The molecule has 0 aliphatic carbocycles. The molecule has 2 heterocycles. The number of anilines is 2. The fourth-order valence-corrected chi connectivity index (χ4v) is 3.73. The van der Waals surface area contributed by atoms with E-state index in [1.165, 1.54) is 6.42 Å². The summed E-state index contributed by atoms with van der Waals surface area (Å²) in [4.78, 5) is 36.1. The molecule has 1 saturated heterocycles. The van der Waals surface area contributed by atoms with E-state index in [-0.39, 0.29) is 11.8 Å². The van der Waals surface area contributed by atoms with Gasteiger partial charge in [-0.25, -0.2) is 9.97 Å². The van der Waals surface area contributed by atoms with E-state index in [0.717, 1.165) is 42.8 Å². The predicted octanol–water partition coefficient (Wildman–Crippen LogP) is 3.92. The lowest BCUT2D eigenvalue weighted by Gasteiger charge is -2.25. The molecule has 4 rings (SSSR count). The zero-order valence-electron chi connectivity index (χ0n) is 17.9. The van der Waals surface area contributed by atoms with Gasteiger partial charge in [-0.05, 0) is 82.2 Å². The number of carbonyl (C=O) groups is 2. The Hall–Kier alpha value is -3.32. The Bertz CT molecular complexity index is 1100. The van der Waals surface area contributed by atoms with Crippen LogP contribution in [0.5, 0.6) is 0 Å². The highest BCUT2D eigenvalue weighted by molar-refractivity contribution is 6.06. The maximum atomic E-state index is 12.7. The van der Waals surface area contributed by atoms with Crippen molar-refractivity contribution in [3.05, 3.63) is 59.4 Å². The third kappa shape index (κ3) is 5.24. The minimum absolute atomic E-state index is 0.0125. The molecule has 0 radical (unpaired) electrons. The molecule has 7 nitrogen and oxygen atoms in total. The van der Waals surface area contributed by atoms with Gasteiger partial charge >= 0.3 is 0 Å². The van der Waals surface area contributed by atoms with Crippen LogP contribution in [0.3, 0.4) is 0 Å². The Morgan fingerprint density at radius 3 is 2.13 bits per heavy atom. The number of fused-ring (bicyclic) bond motifs is 1. The van der Waals surface area contributed by atoms with Crippen LogP contribution in [-0.4, -0.2) is 46.3 Å². The number of likely N-dealkylation sites (tertiary alicyclic amines) is 1. The molecule has 0 bridgehead atoms. The first kappa shape index (κ1) is 20.9. The second kappa shape index (κ2) is 9.22. The van der Waals surface area contributed by atoms with Crippen LogP contribution < -0.4 is 10.6 Å². The van der Waals surface area contributed by atoms with Gasteiger partial charge in [0.05, 0.1) is 29.0 Å². The largest absolute Gasteiger partial charge is 0.325 e. The molecule has 0 atom stereocenters. The molecule has 7 heteroatoms. The maximum absolute atomic E-state index is 12.7. The quantitative estimate of drug-likeness (QED) is 0.657. The number of aromatic nitrogens is 2. The van der Waals surface area contributed by atoms with Crippen LogP contribution in [0.15, 0.2) is 42.5 Å². The van der Waals surface area contributed by atoms with E-state index in [0.29, 0.717) is 29.0 Å². The van der Waals surface area contributed by atoms with Gasteiger partial charge in [-0.2, -0.15) is 0 Å². The number of amides is 2. The molecule has 3 aromatic rings. The monoisotopic (exact) mass is 417 g/mol. The van der Waals surface area contributed by atoms with Crippen LogP contribution in [-0.2, 0) is 4.79 Å². The molecule has 1 aliphatic heterocycles. The fraction of sp³-hybridized carbons (Fsp3) is 0.333. The average molecular weight is 418 g/mol. The van der Waals surface area contributed by atoms with E-state index in [4.69, 9.17) is 0 Å². The zero-order chi connectivity index (χ0) is 21.8. The van der Waals surface area contributed by atoms with Crippen LogP contribution in [0.1, 0.15) is 41.0 Å². The normalized spacial score (nSPS) is 14.4. The SMILES string of the molecule is Cc1nc2ccc(C(=O)Nc3ccc(NC(=O)CN4CCCCC4)cc3)cc2nc1C. The van der Waals surface area contributed by atoms with Crippen LogP contribution >= 0.6 is 0 Å². The summed E-state index contributed by atoms with van der Waals surface area (Å²) in [7, 11) is 0. The molecule has 2 N–H and O–H groups in total. The summed E-state index contributed by atoms with van der Waals surface area (Å²) < 4.78 is 0. The minimum Gasteiger partial charge on any atom is -0.325 e. The van der Waals surface area contributed by atoms with Crippen LogP contribution in [0.4, 0.5) is 11.4 Å². The summed E-state index contributed by atoms with van der Waals surface area (Å²) in [5, 5.41) is 5.81. The van der Waals surface area contributed by atoms with E-state index in [9.17, 15) is 9.59 Å². The maximum Gasteiger partial charge on any atom is 0.255 e. The van der Waals surface area contributed by atoms with Crippen LogP contribution in [0.2, 0.25) is 0 Å². The number of hydrogen-bond acceptors (Lipinski definition) is 5. The standard InChI is InChI=1S/C24H27N5O2/c1-16-17(2)26-22-14-18(6-11-21(22)25-16)24(31)28-20-9-7-19(8-10-20)27-23(30)15-29-12-4-3-5-13-29/h6-11,14H,3-5,12-13,15H2,1-2H3,(H,27,30)(H,28,31). The molecule has 0 saturated carbocycles. The summed E-state index contributed by atoms with van der Waals surface area (Å²) in [6.45, 7) is 6.21. The van der Waals surface area contributed by atoms with Crippen molar-refractivity contribution in [1.82, 2.24) is 14.9 Å². The number of nitrogens with zero attached hydrogens (tertiary/aromatic N) is 3. The molecular weight excluding hydrogens is 390 g/mol. The Labute approximate surface area is 181 Å². The molecule has 1 fully saturated rings. The predicted molar refractivity (Wildman–Crippen MR) is 122 cm³/mol. The highest BCUT2D eigenvalue weighted by atomic mass is 16.2. The third-order valence-corrected chi connectivity index (χ3v) is 5.58. The van der Waals surface area contributed by atoms with Crippen molar-refractivity contribution in [2.45, 2.75) is 33.1 Å². The highest BCUT2D eigenvalue weighted by Gasteiger charge is 2.14. The molecule has 0 unspecified atom stereocenters.